The maximum Gasteiger partial charge on any atom is 0.0482 e. The van der Waals surface area contributed by atoms with Gasteiger partial charge in [-0.3, -0.25) is 0 Å². The van der Waals surface area contributed by atoms with Crippen molar-refractivity contribution in [3.63, 3.8) is 0 Å². The Morgan fingerprint density at radius 3 is 0.583 bits per heavy atom. The Hall–Kier alpha value is -14.5. The summed E-state index contributed by atoms with van der Waals surface area (Å²) in [6.45, 7) is 0. The molecule has 518 valence electrons. The fourth-order valence-corrected chi connectivity index (χ4v) is 13.3. The van der Waals surface area contributed by atoms with Crippen molar-refractivity contribution in [2.45, 2.75) is 0 Å². The van der Waals surface area contributed by atoms with Crippen LogP contribution in [0.4, 0.5) is 85.3 Å². The summed E-state index contributed by atoms with van der Waals surface area (Å²) in [7, 11) is 0. The van der Waals surface area contributed by atoms with E-state index < -0.39 is 0 Å². The van der Waals surface area contributed by atoms with E-state index in [2.05, 4.69) is 443 Å². The minimum Gasteiger partial charge on any atom is -0.356 e. The van der Waals surface area contributed by atoms with Crippen LogP contribution >= 0.6 is 0 Å². The lowest BCUT2D eigenvalue weighted by molar-refractivity contribution is 1.28. The second-order valence-corrected chi connectivity index (χ2v) is 26.0. The second-order valence-electron chi connectivity index (χ2n) is 26.0. The summed E-state index contributed by atoms with van der Waals surface area (Å²) in [5.74, 6) is 0. The summed E-state index contributed by atoms with van der Waals surface area (Å²) >= 11 is 0. The summed E-state index contributed by atoms with van der Waals surface area (Å²) in [5.41, 5.74) is 28.5. The van der Waals surface area contributed by atoms with Crippen LogP contribution in [-0.4, -0.2) is 0 Å². The van der Waals surface area contributed by atoms with Crippen molar-refractivity contribution in [3.05, 3.63) is 467 Å². The van der Waals surface area contributed by atoms with Gasteiger partial charge in [-0.1, -0.05) is 297 Å². The second kappa shape index (κ2) is 34.7. The van der Waals surface area contributed by atoms with Crippen molar-refractivity contribution in [1.29, 1.82) is 0 Å². The van der Waals surface area contributed by atoms with Gasteiger partial charge in [-0.05, 0) is 225 Å². The van der Waals surface area contributed by atoms with E-state index in [1.165, 1.54) is 55.6 Å². The zero-order chi connectivity index (χ0) is 72.7. The largest absolute Gasteiger partial charge is 0.356 e. The Balaban J connectivity index is 0.000000130. The fourth-order valence-electron chi connectivity index (χ4n) is 13.3. The summed E-state index contributed by atoms with van der Waals surface area (Å²) < 4.78 is 0. The molecule has 0 fully saturated rings. The van der Waals surface area contributed by atoms with Crippen LogP contribution in [0.1, 0.15) is 0 Å². The van der Waals surface area contributed by atoms with Crippen molar-refractivity contribution >= 4 is 85.3 Å². The summed E-state index contributed by atoms with van der Waals surface area (Å²) in [4.78, 5) is 6.88. The van der Waals surface area contributed by atoms with E-state index in [0.717, 1.165) is 85.3 Å². The molecule has 0 aliphatic rings. The molecule has 3 N–H and O–H groups in total. The Kier molecular flexibility index (Phi) is 22.2. The first-order valence-electron chi connectivity index (χ1n) is 36.5. The molecule has 0 aromatic heterocycles. The van der Waals surface area contributed by atoms with Gasteiger partial charge in [-0.25, -0.2) is 0 Å². The number of hydrogen-bond acceptors (Lipinski definition) is 6. The highest BCUT2D eigenvalue weighted by atomic mass is 15.2. The molecule has 0 atom stereocenters. The molecule has 0 unspecified atom stereocenters. The Morgan fingerprint density at radius 1 is 0.111 bits per heavy atom. The van der Waals surface area contributed by atoms with Crippen molar-refractivity contribution in [2.75, 3.05) is 30.7 Å². The van der Waals surface area contributed by atoms with E-state index in [9.17, 15) is 0 Å². The summed E-state index contributed by atoms with van der Waals surface area (Å²) in [6, 6.07) is 163. The number of para-hydroxylation sites is 5. The Morgan fingerprint density at radius 2 is 0.287 bits per heavy atom. The number of anilines is 15. The van der Waals surface area contributed by atoms with Crippen LogP contribution in [0.3, 0.4) is 0 Å². The molecule has 0 spiro atoms. The third kappa shape index (κ3) is 17.8. The zero-order valence-electron chi connectivity index (χ0n) is 59.8. The molecular formula is C102H80N6. The highest BCUT2D eigenvalue weighted by Crippen LogP contribution is 2.42. The normalized spacial score (nSPS) is 10.6. The lowest BCUT2D eigenvalue weighted by atomic mass is 10.0. The van der Waals surface area contributed by atoms with Gasteiger partial charge in [-0.2, -0.15) is 0 Å². The predicted molar refractivity (Wildman–Crippen MR) is 460 cm³/mol. The third-order valence-corrected chi connectivity index (χ3v) is 18.7. The lowest BCUT2D eigenvalue weighted by Crippen LogP contribution is -2.10. The van der Waals surface area contributed by atoms with Crippen LogP contribution < -0.4 is 30.7 Å². The average Bonchev–Trinajstić information content (AvgIpc) is 0.804. The average molecular weight is 1390 g/mol. The molecule has 17 aromatic carbocycles. The van der Waals surface area contributed by atoms with E-state index in [-0.39, 0.29) is 0 Å². The van der Waals surface area contributed by atoms with E-state index in [1.807, 2.05) is 54.6 Å². The zero-order valence-corrected chi connectivity index (χ0v) is 59.8. The summed E-state index contributed by atoms with van der Waals surface area (Å²) in [6.07, 6.45) is 0. The highest BCUT2D eigenvalue weighted by Gasteiger charge is 2.18. The molecule has 0 amide bonds. The van der Waals surface area contributed by atoms with Gasteiger partial charge in [0, 0.05) is 85.3 Å². The lowest BCUT2D eigenvalue weighted by Gasteiger charge is -2.26. The maximum absolute atomic E-state index is 3.54. The smallest absolute Gasteiger partial charge is 0.0482 e. The monoisotopic (exact) mass is 1390 g/mol. The van der Waals surface area contributed by atoms with Gasteiger partial charge in [0.25, 0.3) is 0 Å². The van der Waals surface area contributed by atoms with Crippen molar-refractivity contribution in [3.8, 4) is 55.6 Å². The molecule has 17 rings (SSSR count). The third-order valence-electron chi connectivity index (χ3n) is 18.7. The topological polar surface area (TPSA) is 45.8 Å². The molecule has 17 aromatic rings. The first kappa shape index (κ1) is 69.3. The van der Waals surface area contributed by atoms with Crippen LogP contribution in [0.5, 0.6) is 0 Å². The molecule has 108 heavy (non-hydrogen) atoms. The van der Waals surface area contributed by atoms with Crippen LogP contribution in [0.15, 0.2) is 467 Å². The SMILES string of the molecule is c1ccc(-c2ccc(Nc3ccc(-c4cccc(N(c5ccccc5)c5ccccc5)c4)cc3)cc2)cc1.c1ccc(Nc2cccc(N(c3ccc(-c4ccccc4)cc3)c3ccc(-c4ccccc4)cc3)c2)cc1.c1ccc(Nc2cccc(N(c3ccccc3)c3ccc(-c4ccccc4)cc3)c2)cc1. The summed E-state index contributed by atoms with van der Waals surface area (Å²) in [5, 5.41) is 10.6. The van der Waals surface area contributed by atoms with Crippen LogP contribution in [0, 0.1) is 0 Å². The molecule has 0 bridgehead atoms. The molecular weight excluding hydrogens is 1310 g/mol. The van der Waals surface area contributed by atoms with E-state index in [4.69, 9.17) is 0 Å². The Bertz CT molecular complexity index is 5450. The molecule has 0 aliphatic heterocycles. The molecule has 0 heterocycles. The quantitative estimate of drug-likeness (QED) is 0.0707. The number of nitrogens with zero attached hydrogens (tertiary/aromatic N) is 3. The first-order chi connectivity index (χ1) is 53.5. The molecule has 0 radical (unpaired) electrons. The van der Waals surface area contributed by atoms with Gasteiger partial charge < -0.3 is 30.7 Å². The maximum atomic E-state index is 3.54. The fraction of sp³-hybridized carbons (Fsp3) is 0. The molecule has 0 saturated heterocycles. The number of nitrogens with one attached hydrogen (secondary N) is 3. The number of benzene rings is 17. The number of hydrogen-bond donors (Lipinski definition) is 3. The van der Waals surface area contributed by atoms with Crippen molar-refractivity contribution < 1.29 is 0 Å². The van der Waals surface area contributed by atoms with E-state index in [0.29, 0.717) is 0 Å². The molecule has 0 aliphatic carbocycles. The molecule has 6 heteroatoms. The van der Waals surface area contributed by atoms with Gasteiger partial charge in [0.15, 0.2) is 0 Å². The first-order valence-corrected chi connectivity index (χ1v) is 36.5. The van der Waals surface area contributed by atoms with E-state index in [1.54, 1.807) is 0 Å². The minimum atomic E-state index is 1.04. The van der Waals surface area contributed by atoms with Crippen molar-refractivity contribution in [1.82, 2.24) is 0 Å². The van der Waals surface area contributed by atoms with Crippen LogP contribution in [-0.2, 0) is 0 Å². The van der Waals surface area contributed by atoms with E-state index >= 15 is 0 Å². The highest BCUT2D eigenvalue weighted by molar-refractivity contribution is 5.85. The van der Waals surface area contributed by atoms with Crippen molar-refractivity contribution in [2.24, 2.45) is 0 Å². The van der Waals surface area contributed by atoms with Crippen LogP contribution in [0.25, 0.3) is 55.6 Å². The van der Waals surface area contributed by atoms with Gasteiger partial charge >= 0.3 is 0 Å². The number of rotatable bonds is 20. The minimum absolute atomic E-state index is 1.04. The van der Waals surface area contributed by atoms with Gasteiger partial charge in [0.1, 0.15) is 0 Å². The Labute approximate surface area is 634 Å². The van der Waals surface area contributed by atoms with Gasteiger partial charge in [0.05, 0.1) is 0 Å². The van der Waals surface area contributed by atoms with Crippen LogP contribution in [0.2, 0.25) is 0 Å². The van der Waals surface area contributed by atoms with Gasteiger partial charge in [0.2, 0.25) is 0 Å². The molecule has 6 nitrogen and oxygen atoms in total. The predicted octanol–water partition coefficient (Wildman–Crippen LogP) is 29.0. The van der Waals surface area contributed by atoms with Gasteiger partial charge in [-0.15, -0.1) is 0 Å². The standard InChI is InChI=1S/2C36H28N2.C30H24N2/c1-4-11-28(12-5-1)29-19-23-32(24-20-29)37-33-25-21-30(22-26-33)31-13-10-18-36(27-31)38(34-14-6-2-7-15-34)35-16-8-3-9-17-35;1-4-11-28(12-5-1)30-19-23-34(24-20-30)38(35-25-21-31(22-26-35)29-13-6-2-7-14-29)36-18-10-17-33(27-36)37-32-15-8-3-9-16-32;1-4-11-24(12-5-1)25-19-21-29(22-20-25)32(28-16-8-3-9-17-28)30-18-10-15-27(23-30)31-26-13-6-2-7-14-26/h2*1-27,37H;1-23,31H. The molecule has 0 saturated carbocycles.